The van der Waals surface area contributed by atoms with E-state index in [4.69, 9.17) is 4.74 Å². The quantitative estimate of drug-likeness (QED) is 0.692. The molecule has 1 heterocycles. The lowest BCUT2D eigenvalue weighted by molar-refractivity contribution is -0.130. The molecule has 7 nitrogen and oxygen atoms in total. The lowest BCUT2D eigenvalue weighted by atomic mass is 9.86. The number of piperidine rings is 1. The summed E-state index contributed by atoms with van der Waals surface area (Å²) in [6.45, 7) is 4.64. The van der Waals surface area contributed by atoms with Crippen molar-refractivity contribution < 1.29 is 22.7 Å². The van der Waals surface area contributed by atoms with Crippen LogP contribution in [0.1, 0.15) is 69.2 Å². The van der Waals surface area contributed by atoms with Gasteiger partial charge in [-0.1, -0.05) is 32.3 Å². The van der Waals surface area contributed by atoms with Crippen molar-refractivity contribution in [3.63, 3.8) is 0 Å². The summed E-state index contributed by atoms with van der Waals surface area (Å²) >= 11 is 0. The molecular formula is C22H32N2O5S. The van der Waals surface area contributed by atoms with Crippen LogP contribution in [-0.4, -0.2) is 49.8 Å². The van der Waals surface area contributed by atoms with Gasteiger partial charge >= 0.3 is 5.97 Å². The van der Waals surface area contributed by atoms with E-state index < -0.39 is 22.1 Å². The minimum atomic E-state index is -3.64. The molecule has 1 aliphatic heterocycles. The fraction of sp³-hybridized carbons (Fsp3) is 0.636. The Bertz CT molecular complexity index is 864. The Labute approximate surface area is 179 Å². The summed E-state index contributed by atoms with van der Waals surface area (Å²) in [7, 11) is -3.64. The third kappa shape index (κ3) is 5.40. The molecule has 0 radical (unpaired) electrons. The number of hydrogen-bond acceptors (Lipinski definition) is 5. The number of benzene rings is 1. The van der Waals surface area contributed by atoms with Crippen LogP contribution in [0, 0.1) is 5.92 Å². The number of sulfonamides is 1. The van der Waals surface area contributed by atoms with E-state index in [1.165, 1.54) is 41.9 Å². The summed E-state index contributed by atoms with van der Waals surface area (Å²) in [5, 5.41) is 2.99. The summed E-state index contributed by atoms with van der Waals surface area (Å²) < 4.78 is 32.5. The van der Waals surface area contributed by atoms with Gasteiger partial charge in [-0.05, 0) is 56.7 Å². The van der Waals surface area contributed by atoms with Gasteiger partial charge in [-0.2, -0.15) is 4.31 Å². The Morgan fingerprint density at radius 1 is 1.10 bits per heavy atom. The van der Waals surface area contributed by atoms with Crippen molar-refractivity contribution in [2.24, 2.45) is 5.92 Å². The summed E-state index contributed by atoms with van der Waals surface area (Å²) in [4.78, 5) is 25.1. The summed E-state index contributed by atoms with van der Waals surface area (Å²) in [5.41, 5.74) is 0.124. The summed E-state index contributed by atoms with van der Waals surface area (Å²) in [5.74, 6) is -0.619. The fourth-order valence-corrected chi connectivity index (χ4v) is 5.71. The Hall–Kier alpha value is -1.93. The number of amides is 1. The second-order valence-corrected chi connectivity index (χ2v) is 10.4. The van der Waals surface area contributed by atoms with E-state index >= 15 is 0 Å². The average Bonchev–Trinajstić information content (AvgIpc) is 2.76. The Kier molecular flexibility index (Phi) is 7.52. The van der Waals surface area contributed by atoms with E-state index in [1.807, 2.05) is 0 Å². The Balaban J connectivity index is 1.63. The number of nitrogens with one attached hydrogen (secondary N) is 1. The molecule has 0 bridgehead atoms. The van der Waals surface area contributed by atoms with Crippen molar-refractivity contribution >= 4 is 21.9 Å². The van der Waals surface area contributed by atoms with Gasteiger partial charge in [-0.15, -0.1) is 0 Å². The van der Waals surface area contributed by atoms with Gasteiger partial charge in [0.1, 0.15) is 0 Å². The van der Waals surface area contributed by atoms with Gasteiger partial charge in [0.05, 0.1) is 10.5 Å². The van der Waals surface area contributed by atoms with Crippen LogP contribution in [-0.2, 0) is 19.6 Å². The van der Waals surface area contributed by atoms with E-state index in [9.17, 15) is 18.0 Å². The van der Waals surface area contributed by atoms with Gasteiger partial charge in [0, 0.05) is 19.1 Å². The molecule has 1 N–H and O–H groups in total. The second-order valence-electron chi connectivity index (χ2n) is 8.42. The standard InChI is InChI=1S/C22H32N2O5S/c1-16-9-4-5-12-20(16)23-21(25)17(2)29-22(26)18-10-8-11-19(15-18)30(27,28)24-13-6-3-7-14-24/h8,10-11,15-17,20H,3-7,9,12-14H2,1-2H3,(H,23,25)/t16-,17+,20+/m0/s1. The van der Waals surface area contributed by atoms with Crippen LogP contribution in [0.4, 0.5) is 0 Å². The van der Waals surface area contributed by atoms with Gasteiger partial charge in [0.25, 0.3) is 5.91 Å². The molecule has 0 aromatic heterocycles. The lowest BCUT2D eigenvalue weighted by Gasteiger charge is -2.30. The third-order valence-corrected chi connectivity index (χ3v) is 8.01. The highest BCUT2D eigenvalue weighted by Crippen LogP contribution is 2.24. The number of nitrogens with zero attached hydrogens (tertiary/aromatic N) is 1. The van der Waals surface area contributed by atoms with Crippen molar-refractivity contribution in [3.8, 4) is 0 Å². The molecule has 2 fully saturated rings. The SMILES string of the molecule is C[C@@H](OC(=O)c1cccc(S(=O)(=O)N2CCCCC2)c1)C(=O)N[C@@H]1CCCC[C@@H]1C. The maximum Gasteiger partial charge on any atom is 0.338 e. The molecular weight excluding hydrogens is 404 g/mol. The van der Waals surface area contributed by atoms with E-state index in [0.717, 1.165) is 38.5 Å². The number of hydrogen-bond donors (Lipinski definition) is 1. The van der Waals surface area contributed by atoms with Crippen molar-refractivity contribution in [2.75, 3.05) is 13.1 Å². The number of rotatable bonds is 6. The van der Waals surface area contributed by atoms with Crippen LogP contribution >= 0.6 is 0 Å². The number of carbonyl (C=O) groups excluding carboxylic acids is 2. The predicted octanol–water partition coefficient (Wildman–Crippen LogP) is 3.10. The van der Waals surface area contributed by atoms with Crippen molar-refractivity contribution in [2.45, 2.75) is 75.8 Å². The second kappa shape index (κ2) is 9.92. The maximum absolute atomic E-state index is 12.9. The molecule has 8 heteroatoms. The Morgan fingerprint density at radius 2 is 1.80 bits per heavy atom. The van der Waals surface area contributed by atoms with E-state index in [1.54, 1.807) is 0 Å². The minimum absolute atomic E-state index is 0.0759. The van der Waals surface area contributed by atoms with Gasteiger partial charge in [0.15, 0.2) is 6.10 Å². The van der Waals surface area contributed by atoms with Crippen LogP contribution in [0.2, 0.25) is 0 Å². The zero-order valence-corrected chi connectivity index (χ0v) is 18.6. The first-order chi connectivity index (χ1) is 14.3. The highest BCUT2D eigenvalue weighted by molar-refractivity contribution is 7.89. The predicted molar refractivity (Wildman–Crippen MR) is 113 cm³/mol. The number of esters is 1. The molecule has 3 atom stereocenters. The summed E-state index contributed by atoms with van der Waals surface area (Å²) in [6.07, 6.45) is 6.03. The monoisotopic (exact) mass is 436 g/mol. The normalized spacial score (nSPS) is 24.1. The zero-order chi connectivity index (χ0) is 21.7. The molecule has 1 aliphatic carbocycles. The summed E-state index contributed by atoms with van der Waals surface area (Å²) in [6, 6.07) is 5.96. The number of ether oxygens (including phenoxy) is 1. The fourth-order valence-electron chi connectivity index (χ4n) is 4.15. The molecule has 166 valence electrons. The van der Waals surface area contributed by atoms with E-state index in [0.29, 0.717) is 19.0 Å². The maximum atomic E-state index is 12.9. The first kappa shape index (κ1) is 22.7. The van der Waals surface area contributed by atoms with Crippen LogP contribution in [0.25, 0.3) is 0 Å². The van der Waals surface area contributed by atoms with Crippen molar-refractivity contribution in [1.82, 2.24) is 9.62 Å². The molecule has 0 spiro atoms. The van der Waals surface area contributed by atoms with Crippen LogP contribution in [0.3, 0.4) is 0 Å². The first-order valence-electron chi connectivity index (χ1n) is 10.9. The van der Waals surface area contributed by atoms with E-state index in [-0.39, 0.29) is 22.4 Å². The lowest BCUT2D eigenvalue weighted by Crippen LogP contribution is -2.46. The molecule has 3 rings (SSSR count). The molecule has 1 amide bonds. The van der Waals surface area contributed by atoms with Crippen LogP contribution < -0.4 is 5.32 Å². The van der Waals surface area contributed by atoms with Gasteiger partial charge in [-0.25, -0.2) is 13.2 Å². The molecule has 2 aliphatic rings. The molecule has 1 saturated carbocycles. The van der Waals surface area contributed by atoms with Crippen LogP contribution in [0.5, 0.6) is 0 Å². The third-order valence-electron chi connectivity index (χ3n) is 6.11. The minimum Gasteiger partial charge on any atom is -0.449 e. The van der Waals surface area contributed by atoms with Crippen molar-refractivity contribution in [1.29, 1.82) is 0 Å². The number of carbonyl (C=O) groups is 2. The highest BCUT2D eigenvalue weighted by atomic mass is 32.2. The Morgan fingerprint density at radius 3 is 2.50 bits per heavy atom. The molecule has 1 aromatic rings. The van der Waals surface area contributed by atoms with Gasteiger partial charge in [0.2, 0.25) is 10.0 Å². The molecule has 30 heavy (non-hydrogen) atoms. The molecule has 1 saturated heterocycles. The van der Waals surface area contributed by atoms with E-state index in [2.05, 4.69) is 12.2 Å². The smallest absolute Gasteiger partial charge is 0.338 e. The largest absolute Gasteiger partial charge is 0.449 e. The molecule has 1 aromatic carbocycles. The molecule has 0 unspecified atom stereocenters. The highest BCUT2D eigenvalue weighted by Gasteiger charge is 2.28. The first-order valence-corrected chi connectivity index (χ1v) is 12.3. The van der Waals surface area contributed by atoms with Crippen LogP contribution in [0.15, 0.2) is 29.2 Å². The average molecular weight is 437 g/mol. The van der Waals surface area contributed by atoms with Gasteiger partial charge < -0.3 is 10.1 Å². The van der Waals surface area contributed by atoms with Crippen molar-refractivity contribution in [3.05, 3.63) is 29.8 Å². The topological polar surface area (TPSA) is 92.8 Å². The zero-order valence-electron chi connectivity index (χ0n) is 17.8. The van der Waals surface area contributed by atoms with Gasteiger partial charge in [-0.3, -0.25) is 4.79 Å².